The van der Waals surface area contributed by atoms with Gasteiger partial charge in [0.2, 0.25) is 0 Å². The average Bonchev–Trinajstić information content (AvgIpc) is 2.66. The van der Waals surface area contributed by atoms with Crippen LogP contribution < -0.4 is 15.1 Å². The van der Waals surface area contributed by atoms with Gasteiger partial charge in [-0.3, -0.25) is 9.59 Å². The van der Waals surface area contributed by atoms with Gasteiger partial charge >= 0.3 is 5.63 Å². The number of hydrogen-bond donors (Lipinski definition) is 1. The van der Waals surface area contributed by atoms with Crippen molar-refractivity contribution in [3.63, 3.8) is 0 Å². The summed E-state index contributed by atoms with van der Waals surface area (Å²) in [6.45, 7) is 5.32. The number of hydrogen-bond acceptors (Lipinski definition) is 7. The zero-order valence-electron chi connectivity index (χ0n) is 17.6. The number of carbonyl (C=O) groups excluding carboxylic acids is 2. The van der Waals surface area contributed by atoms with Gasteiger partial charge in [-0.2, -0.15) is 0 Å². The molecule has 0 aliphatic rings. The number of amides is 1. The van der Waals surface area contributed by atoms with Gasteiger partial charge in [0.05, 0.1) is 6.61 Å². The van der Waals surface area contributed by atoms with Crippen molar-refractivity contribution in [2.24, 2.45) is 0 Å². The Balaban J connectivity index is 2.26. The van der Waals surface area contributed by atoms with Gasteiger partial charge in [0, 0.05) is 20.2 Å². The van der Waals surface area contributed by atoms with Crippen molar-refractivity contribution >= 4 is 17.8 Å². The number of likely N-dealkylation sites (N-methyl/N-ethyl adjacent to an activating group) is 1. The first-order valence-corrected chi connectivity index (χ1v) is 9.34. The molecule has 0 saturated heterocycles. The standard InChI is InChI=1S/C22H25NO7/c1-6-28-19-12-15(8-10-18(19)30-14(3)21(26)23(4)5)7-9-16(24)20-17(25)11-13(2)29-22(20)27/h7-12,14,25H,6H2,1-5H3/b9-7+/t14-/m0/s1. The fourth-order valence-corrected chi connectivity index (χ4v) is 2.68. The van der Waals surface area contributed by atoms with Gasteiger partial charge in [-0.25, -0.2) is 4.79 Å². The Kier molecular flexibility index (Phi) is 7.41. The van der Waals surface area contributed by atoms with E-state index in [0.29, 0.717) is 23.7 Å². The van der Waals surface area contributed by atoms with Crippen molar-refractivity contribution < 1.29 is 28.6 Å². The summed E-state index contributed by atoms with van der Waals surface area (Å²) in [5.74, 6) is -0.315. The second kappa shape index (κ2) is 9.78. The fourth-order valence-electron chi connectivity index (χ4n) is 2.68. The van der Waals surface area contributed by atoms with Gasteiger partial charge in [-0.05, 0) is 44.5 Å². The maximum atomic E-state index is 12.3. The van der Waals surface area contributed by atoms with Crippen molar-refractivity contribution in [1.82, 2.24) is 4.90 Å². The van der Waals surface area contributed by atoms with Crippen molar-refractivity contribution in [3.05, 3.63) is 57.6 Å². The molecule has 30 heavy (non-hydrogen) atoms. The first-order valence-electron chi connectivity index (χ1n) is 9.34. The average molecular weight is 415 g/mol. The molecule has 0 fully saturated rings. The summed E-state index contributed by atoms with van der Waals surface area (Å²) in [7, 11) is 3.28. The van der Waals surface area contributed by atoms with E-state index in [2.05, 4.69) is 0 Å². The van der Waals surface area contributed by atoms with Crippen LogP contribution in [0.3, 0.4) is 0 Å². The second-order valence-corrected chi connectivity index (χ2v) is 6.73. The second-order valence-electron chi connectivity index (χ2n) is 6.73. The van der Waals surface area contributed by atoms with Crippen LogP contribution in [-0.2, 0) is 4.79 Å². The van der Waals surface area contributed by atoms with Crippen LogP contribution in [0.5, 0.6) is 17.2 Å². The minimum absolute atomic E-state index is 0.191. The molecule has 1 N–H and O–H groups in total. The molecule has 0 aliphatic heterocycles. The number of aromatic hydroxyl groups is 1. The van der Waals surface area contributed by atoms with Gasteiger partial charge in [0.25, 0.3) is 5.91 Å². The van der Waals surface area contributed by atoms with Crippen LogP contribution in [0, 0.1) is 6.92 Å². The molecule has 0 saturated carbocycles. The zero-order valence-corrected chi connectivity index (χ0v) is 17.6. The highest BCUT2D eigenvalue weighted by Gasteiger charge is 2.19. The summed E-state index contributed by atoms with van der Waals surface area (Å²) in [4.78, 5) is 37.6. The third kappa shape index (κ3) is 5.50. The molecule has 0 aliphatic carbocycles. The van der Waals surface area contributed by atoms with Crippen LogP contribution in [0.4, 0.5) is 0 Å². The third-order valence-electron chi connectivity index (χ3n) is 4.09. The molecular weight excluding hydrogens is 390 g/mol. The maximum absolute atomic E-state index is 12.3. The lowest BCUT2D eigenvalue weighted by Crippen LogP contribution is -2.35. The minimum atomic E-state index is -0.902. The van der Waals surface area contributed by atoms with E-state index in [1.807, 2.05) is 6.92 Å². The predicted octanol–water partition coefficient (Wildman–Crippen LogP) is 2.80. The molecule has 1 amide bonds. The number of allylic oxidation sites excluding steroid dienone is 1. The van der Waals surface area contributed by atoms with E-state index < -0.39 is 28.8 Å². The quantitative estimate of drug-likeness (QED) is 0.522. The summed E-state index contributed by atoms with van der Waals surface area (Å²) >= 11 is 0. The summed E-state index contributed by atoms with van der Waals surface area (Å²) in [6.07, 6.45) is 1.93. The number of carbonyl (C=O) groups is 2. The van der Waals surface area contributed by atoms with E-state index in [4.69, 9.17) is 13.9 Å². The highest BCUT2D eigenvalue weighted by atomic mass is 16.5. The molecule has 0 radical (unpaired) electrons. The van der Waals surface area contributed by atoms with Gasteiger partial charge in [-0.15, -0.1) is 0 Å². The summed E-state index contributed by atoms with van der Waals surface area (Å²) in [6, 6.07) is 6.16. The SMILES string of the molecule is CCOc1cc(/C=C/C(=O)c2c(O)cc(C)oc2=O)ccc1O[C@@H](C)C(=O)N(C)C. The van der Waals surface area contributed by atoms with Gasteiger partial charge in [0.1, 0.15) is 17.1 Å². The van der Waals surface area contributed by atoms with Crippen LogP contribution >= 0.6 is 0 Å². The van der Waals surface area contributed by atoms with Gasteiger partial charge in [-0.1, -0.05) is 12.1 Å². The molecule has 0 unspecified atom stereocenters. The van der Waals surface area contributed by atoms with Crippen molar-refractivity contribution in [1.29, 1.82) is 0 Å². The third-order valence-corrected chi connectivity index (χ3v) is 4.09. The maximum Gasteiger partial charge on any atom is 0.351 e. The lowest BCUT2D eigenvalue weighted by Gasteiger charge is -2.20. The van der Waals surface area contributed by atoms with E-state index >= 15 is 0 Å². The van der Waals surface area contributed by atoms with E-state index in [9.17, 15) is 19.5 Å². The molecule has 1 heterocycles. The predicted molar refractivity (Wildman–Crippen MR) is 111 cm³/mol. The number of ketones is 1. The summed E-state index contributed by atoms with van der Waals surface area (Å²) in [5, 5.41) is 9.88. The largest absolute Gasteiger partial charge is 0.507 e. The van der Waals surface area contributed by atoms with E-state index in [-0.39, 0.29) is 11.7 Å². The molecule has 2 aromatic rings. The summed E-state index contributed by atoms with van der Waals surface area (Å²) in [5.41, 5.74) is -0.736. The van der Waals surface area contributed by atoms with Crippen LogP contribution in [-0.4, -0.2) is 48.5 Å². The number of benzene rings is 1. The molecule has 160 valence electrons. The van der Waals surface area contributed by atoms with Crippen LogP contribution in [0.1, 0.15) is 35.5 Å². The molecule has 0 bridgehead atoms. The molecule has 8 heteroatoms. The number of nitrogens with zero attached hydrogens (tertiary/aromatic N) is 1. The van der Waals surface area contributed by atoms with Crippen molar-refractivity contribution in [2.45, 2.75) is 26.9 Å². The Bertz CT molecular complexity index is 1020. The molecule has 2 rings (SSSR count). The number of rotatable bonds is 8. The Labute approximate surface area is 174 Å². The first-order chi connectivity index (χ1) is 14.1. The van der Waals surface area contributed by atoms with E-state index in [1.54, 1.807) is 39.2 Å². The Morgan fingerprint density at radius 2 is 1.93 bits per heavy atom. The molecule has 0 spiro atoms. The van der Waals surface area contributed by atoms with Crippen LogP contribution in [0.2, 0.25) is 0 Å². The highest BCUT2D eigenvalue weighted by molar-refractivity contribution is 6.08. The lowest BCUT2D eigenvalue weighted by atomic mass is 10.1. The topological polar surface area (TPSA) is 106 Å². The Morgan fingerprint density at radius 1 is 1.23 bits per heavy atom. The van der Waals surface area contributed by atoms with Crippen LogP contribution in [0.15, 0.2) is 39.6 Å². The minimum Gasteiger partial charge on any atom is -0.507 e. The molecule has 1 aromatic carbocycles. The lowest BCUT2D eigenvalue weighted by molar-refractivity contribution is -0.135. The van der Waals surface area contributed by atoms with Gasteiger partial charge in [0.15, 0.2) is 23.4 Å². The number of ether oxygens (including phenoxy) is 2. The zero-order chi connectivity index (χ0) is 22.4. The molecule has 8 nitrogen and oxygen atoms in total. The highest BCUT2D eigenvalue weighted by Crippen LogP contribution is 2.30. The summed E-state index contributed by atoms with van der Waals surface area (Å²) < 4.78 is 16.2. The monoisotopic (exact) mass is 415 g/mol. The normalized spacial score (nSPS) is 11.9. The Hall–Kier alpha value is -3.55. The van der Waals surface area contributed by atoms with Crippen molar-refractivity contribution in [2.75, 3.05) is 20.7 Å². The smallest absolute Gasteiger partial charge is 0.351 e. The molecule has 1 aromatic heterocycles. The van der Waals surface area contributed by atoms with E-state index in [1.165, 1.54) is 24.0 Å². The molecule has 1 atom stereocenters. The fraction of sp³-hybridized carbons (Fsp3) is 0.318. The molecular formula is C22H25NO7. The first kappa shape index (κ1) is 22.7. The van der Waals surface area contributed by atoms with E-state index in [0.717, 1.165) is 6.08 Å². The van der Waals surface area contributed by atoms with Crippen LogP contribution in [0.25, 0.3) is 6.08 Å². The number of aryl methyl sites for hydroxylation is 1. The van der Waals surface area contributed by atoms with Gasteiger partial charge < -0.3 is 23.9 Å². The Morgan fingerprint density at radius 3 is 2.53 bits per heavy atom. The van der Waals surface area contributed by atoms with Crippen molar-refractivity contribution in [3.8, 4) is 17.2 Å².